The molecule has 28 heavy (non-hydrogen) atoms. The van der Waals surface area contributed by atoms with Gasteiger partial charge in [0.1, 0.15) is 0 Å². The summed E-state index contributed by atoms with van der Waals surface area (Å²) >= 11 is 6.07. The van der Waals surface area contributed by atoms with Crippen LogP contribution in [-0.2, 0) is 0 Å². The highest BCUT2D eigenvalue weighted by molar-refractivity contribution is 6.30. The number of rotatable bonds is 2. The number of hydrogen-bond donors (Lipinski definition) is 1. The Morgan fingerprint density at radius 2 is 1.75 bits per heavy atom. The van der Waals surface area contributed by atoms with Gasteiger partial charge in [0.2, 0.25) is 0 Å². The van der Waals surface area contributed by atoms with E-state index < -0.39 is 0 Å². The molecule has 0 saturated heterocycles. The number of H-pyrrole nitrogens is 1. The molecule has 0 saturated carbocycles. The van der Waals surface area contributed by atoms with Crippen molar-refractivity contribution in [1.82, 2.24) is 24.7 Å². The van der Waals surface area contributed by atoms with Gasteiger partial charge < -0.3 is 4.98 Å². The van der Waals surface area contributed by atoms with Crippen molar-refractivity contribution in [3.8, 4) is 16.8 Å². The summed E-state index contributed by atoms with van der Waals surface area (Å²) < 4.78 is 1.78. The highest BCUT2D eigenvalue weighted by atomic mass is 35.5. The Morgan fingerprint density at radius 1 is 1.00 bits per heavy atom. The van der Waals surface area contributed by atoms with Crippen molar-refractivity contribution in [3.63, 3.8) is 0 Å². The van der Waals surface area contributed by atoms with Crippen LogP contribution in [0.4, 0.5) is 0 Å². The Labute approximate surface area is 164 Å². The molecule has 7 heteroatoms. The molecule has 1 N–H and O–H groups in total. The number of halogens is 1. The monoisotopic (exact) mass is 387 g/mol. The van der Waals surface area contributed by atoms with Gasteiger partial charge in [0, 0.05) is 10.6 Å². The van der Waals surface area contributed by atoms with E-state index in [1.54, 1.807) is 16.8 Å². The van der Waals surface area contributed by atoms with E-state index in [0.717, 1.165) is 27.9 Å². The van der Waals surface area contributed by atoms with Gasteiger partial charge in [-0.15, -0.1) is 0 Å². The lowest BCUT2D eigenvalue weighted by molar-refractivity contribution is 0.878. The number of nitrogens with zero attached hydrogens (tertiary/aromatic N) is 4. The molecule has 6 nitrogen and oxygen atoms in total. The molecule has 3 heterocycles. The van der Waals surface area contributed by atoms with Crippen molar-refractivity contribution < 1.29 is 0 Å². The normalized spacial score (nSPS) is 11.4. The van der Waals surface area contributed by atoms with E-state index in [0.29, 0.717) is 21.7 Å². The standard InChI is InChI=1S/C21H14ClN5O/c1-12-16-17(13-7-9-14(22)10-8-13)18-19(23-11-24-21(18)28)25-20(16)27(26-12)15-5-3-2-4-6-15/h2-11H,1H3,(H,23,24,25,28). The molecule has 5 aromatic rings. The van der Waals surface area contributed by atoms with Crippen LogP contribution in [0.15, 0.2) is 65.7 Å². The third-order valence-corrected chi connectivity index (χ3v) is 4.97. The predicted octanol–water partition coefficient (Wildman–Crippen LogP) is 4.29. The van der Waals surface area contributed by atoms with Gasteiger partial charge in [-0.3, -0.25) is 4.79 Å². The minimum atomic E-state index is -0.240. The molecule has 0 radical (unpaired) electrons. The maximum atomic E-state index is 12.7. The quantitative estimate of drug-likeness (QED) is 0.490. The van der Waals surface area contributed by atoms with Gasteiger partial charge >= 0.3 is 0 Å². The smallest absolute Gasteiger partial charge is 0.260 e. The number of aryl methyl sites for hydroxylation is 1. The van der Waals surface area contributed by atoms with Crippen LogP contribution >= 0.6 is 11.6 Å². The maximum Gasteiger partial charge on any atom is 0.260 e. The third-order valence-electron chi connectivity index (χ3n) is 4.71. The fourth-order valence-corrected chi connectivity index (χ4v) is 3.62. The average Bonchev–Trinajstić information content (AvgIpc) is 3.04. The first-order valence-corrected chi connectivity index (χ1v) is 9.09. The highest BCUT2D eigenvalue weighted by Gasteiger charge is 2.21. The van der Waals surface area contributed by atoms with Gasteiger partial charge in [0.25, 0.3) is 5.56 Å². The molecule has 0 aliphatic rings. The number of aromatic nitrogens is 5. The topological polar surface area (TPSA) is 76.5 Å². The Morgan fingerprint density at radius 3 is 2.50 bits per heavy atom. The van der Waals surface area contributed by atoms with Crippen LogP contribution in [0, 0.1) is 6.92 Å². The number of pyridine rings is 1. The number of fused-ring (bicyclic) bond motifs is 2. The molecule has 0 bridgehead atoms. The van der Waals surface area contributed by atoms with E-state index >= 15 is 0 Å². The zero-order valence-corrected chi connectivity index (χ0v) is 15.6. The Kier molecular flexibility index (Phi) is 3.74. The lowest BCUT2D eigenvalue weighted by atomic mass is 9.99. The minimum absolute atomic E-state index is 0.240. The van der Waals surface area contributed by atoms with Crippen molar-refractivity contribution in [2.24, 2.45) is 0 Å². The van der Waals surface area contributed by atoms with Crippen LogP contribution in [0.25, 0.3) is 38.9 Å². The molecule has 0 spiro atoms. The van der Waals surface area contributed by atoms with E-state index in [4.69, 9.17) is 16.7 Å². The summed E-state index contributed by atoms with van der Waals surface area (Å²) in [4.78, 5) is 24.3. The van der Waals surface area contributed by atoms with Gasteiger partial charge in [-0.25, -0.2) is 14.6 Å². The SMILES string of the molecule is Cc1nn(-c2ccccc2)c2nc3nc[nH]c(=O)c3c(-c3ccc(Cl)cc3)c12. The molecule has 136 valence electrons. The summed E-state index contributed by atoms with van der Waals surface area (Å²) in [5.41, 5.74) is 4.07. The summed E-state index contributed by atoms with van der Waals surface area (Å²) in [6.07, 6.45) is 1.37. The Bertz CT molecular complexity index is 1390. The van der Waals surface area contributed by atoms with Crippen LogP contribution in [0.5, 0.6) is 0 Å². The van der Waals surface area contributed by atoms with Crippen LogP contribution in [0.2, 0.25) is 5.02 Å². The van der Waals surface area contributed by atoms with Crippen molar-refractivity contribution >= 4 is 33.7 Å². The van der Waals surface area contributed by atoms with Crippen LogP contribution in [-0.4, -0.2) is 24.7 Å². The molecule has 0 aliphatic heterocycles. The zero-order chi connectivity index (χ0) is 19.3. The number of para-hydroxylation sites is 1. The molecular weight excluding hydrogens is 374 g/mol. The van der Waals surface area contributed by atoms with Gasteiger partial charge in [-0.05, 0) is 36.8 Å². The number of nitrogens with one attached hydrogen (secondary N) is 1. The zero-order valence-electron chi connectivity index (χ0n) is 14.8. The Hall–Kier alpha value is -3.51. The lowest BCUT2D eigenvalue weighted by Crippen LogP contribution is -2.09. The second-order valence-corrected chi connectivity index (χ2v) is 6.89. The first kappa shape index (κ1) is 16.6. The summed E-state index contributed by atoms with van der Waals surface area (Å²) in [7, 11) is 0. The fourth-order valence-electron chi connectivity index (χ4n) is 3.49. The molecule has 0 aliphatic carbocycles. The molecule has 0 fully saturated rings. The second kappa shape index (κ2) is 6.28. The van der Waals surface area contributed by atoms with E-state index in [1.807, 2.05) is 49.4 Å². The van der Waals surface area contributed by atoms with Crippen LogP contribution in [0.1, 0.15) is 5.69 Å². The average molecular weight is 388 g/mol. The van der Waals surface area contributed by atoms with Crippen molar-refractivity contribution in [3.05, 3.63) is 82.0 Å². The molecule has 5 rings (SSSR count). The summed E-state index contributed by atoms with van der Waals surface area (Å²) in [6.45, 7) is 1.92. The molecule has 3 aromatic heterocycles. The van der Waals surface area contributed by atoms with Crippen molar-refractivity contribution in [2.45, 2.75) is 6.92 Å². The molecular formula is C21H14ClN5O. The van der Waals surface area contributed by atoms with E-state index in [2.05, 4.69) is 15.0 Å². The van der Waals surface area contributed by atoms with E-state index in [-0.39, 0.29) is 5.56 Å². The number of hydrogen-bond acceptors (Lipinski definition) is 4. The first-order chi connectivity index (χ1) is 13.6. The number of benzene rings is 2. The van der Waals surface area contributed by atoms with Crippen LogP contribution in [0.3, 0.4) is 0 Å². The predicted molar refractivity (Wildman–Crippen MR) is 110 cm³/mol. The molecule has 0 unspecified atom stereocenters. The third kappa shape index (κ3) is 2.50. The van der Waals surface area contributed by atoms with Crippen molar-refractivity contribution in [2.75, 3.05) is 0 Å². The van der Waals surface area contributed by atoms with Gasteiger partial charge in [-0.2, -0.15) is 5.10 Å². The molecule has 0 atom stereocenters. The maximum absolute atomic E-state index is 12.7. The minimum Gasteiger partial charge on any atom is -0.312 e. The van der Waals surface area contributed by atoms with Gasteiger partial charge in [0.05, 0.1) is 28.5 Å². The first-order valence-electron chi connectivity index (χ1n) is 8.71. The van der Waals surface area contributed by atoms with E-state index in [1.165, 1.54) is 6.33 Å². The van der Waals surface area contributed by atoms with Gasteiger partial charge in [0.15, 0.2) is 11.3 Å². The van der Waals surface area contributed by atoms with E-state index in [9.17, 15) is 4.79 Å². The largest absolute Gasteiger partial charge is 0.312 e. The molecule has 2 aromatic carbocycles. The lowest BCUT2D eigenvalue weighted by Gasteiger charge is -2.09. The summed E-state index contributed by atoms with van der Waals surface area (Å²) in [6, 6.07) is 17.2. The van der Waals surface area contributed by atoms with Gasteiger partial charge in [-0.1, -0.05) is 41.9 Å². The summed E-state index contributed by atoms with van der Waals surface area (Å²) in [5, 5.41) is 6.59. The Balaban J connectivity index is 1.99. The fraction of sp³-hybridized carbons (Fsp3) is 0.0476. The highest BCUT2D eigenvalue weighted by Crippen LogP contribution is 2.35. The second-order valence-electron chi connectivity index (χ2n) is 6.46. The van der Waals surface area contributed by atoms with Crippen LogP contribution < -0.4 is 5.56 Å². The summed E-state index contributed by atoms with van der Waals surface area (Å²) in [5.74, 6) is 0. The van der Waals surface area contributed by atoms with Crippen molar-refractivity contribution in [1.29, 1.82) is 0 Å². The molecule has 0 amide bonds. The number of aromatic amines is 1.